The zero-order valence-corrected chi connectivity index (χ0v) is 5.38. The molecular formula is C5H15BO5. The Balaban J connectivity index is 0. The molecule has 0 aromatic rings. The number of aliphatic hydroxyl groups is 5. The average molecular weight is 166 g/mol. The maximum Gasteiger partial charge on any atom is 0.110 e. The van der Waals surface area contributed by atoms with E-state index < -0.39 is 31.5 Å². The molecule has 0 rings (SSSR count). The first-order valence-corrected chi connectivity index (χ1v) is 2.89. The minimum atomic E-state index is -1.49. The summed E-state index contributed by atoms with van der Waals surface area (Å²) in [7, 11) is 0. The molecule has 0 heterocycles. The van der Waals surface area contributed by atoms with E-state index in [9.17, 15) is 0 Å². The van der Waals surface area contributed by atoms with E-state index in [1.165, 1.54) is 0 Å². The van der Waals surface area contributed by atoms with Gasteiger partial charge in [0.2, 0.25) is 0 Å². The zero-order chi connectivity index (χ0) is 8.15. The van der Waals surface area contributed by atoms with Gasteiger partial charge >= 0.3 is 0 Å². The van der Waals surface area contributed by atoms with E-state index in [1.807, 2.05) is 0 Å². The second-order valence-corrected chi connectivity index (χ2v) is 1.99. The summed E-state index contributed by atoms with van der Waals surface area (Å²) in [6.45, 7) is -1.28. The summed E-state index contributed by atoms with van der Waals surface area (Å²) in [4.78, 5) is 0. The molecule has 5 N–H and O–H groups in total. The van der Waals surface area contributed by atoms with Crippen molar-refractivity contribution in [3.63, 3.8) is 0 Å². The van der Waals surface area contributed by atoms with E-state index in [0.717, 1.165) is 0 Å². The van der Waals surface area contributed by atoms with Gasteiger partial charge in [-0.25, -0.2) is 0 Å². The van der Waals surface area contributed by atoms with Crippen LogP contribution >= 0.6 is 0 Å². The normalized spacial score (nSPS) is 18.3. The topological polar surface area (TPSA) is 101 Å². The maximum absolute atomic E-state index is 8.77. The molecule has 0 saturated carbocycles. The Kier molecular flexibility index (Phi) is 8.03. The van der Waals surface area contributed by atoms with Gasteiger partial charge in [-0.1, -0.05) is 0 Å². The van der Waals surface area contributed by atoms with Gasteiger partial charge in [0.05, 0.1) is 21.6 Å². The third kappa shape index (κ3) is 4.33. The van der Waals surface area contributed by atoms with Gasteiger partial charge in [-0.05, 0) is 0 Å². The minimum Gasteiger partial charge on any atom is -0.394 e. The first kappa shape index (κ1) is 13.5. The molecule has 0 aromatic carbocycles. The molecule has 11 heavy (non-hydrogen) atoms. The molecule has 0 aliphatic heterocycles. The van der Waals surface area contributed by atoms with Gasteiger partial charge < -0.3 is 25.5 Å². The lowest BCUT2D eigenvalue weighted by Gasteiger charge is -2.19. The van der Waals surface area contributed by atoms with E-state index in [0.29, 0.717) is 0 Å². The lowest BCUT2D eigenvalue weighted by molar-refractivity contribution is -0.0900. The van der Waals surface area contributed by atoms with Gasteiger partial charge in [-0.2, -0.15) is 0 Å². The fourth-order valence-corrected chi connectivity index (χ4v) is 0.472. The molecule has 0 saturated heterocycles. The van der Waals surface area contributed by atoms with E-state index in [-0.39, 0.29) is 8.41 Å². The molecule has 5 nitrogen and oxygen atoms in total. The second kappa shape index (κ2) is 6.57. The summed E-state index contributed by atoms with van der Waals surface area (Å²) in [6.07, 6.45) is -4.29. The summed E-state index contributed by atoms with van der Waals surface area (Å²) in [6, 6.07) is 0. The van der Waals surface area contributed by atoms with Gasteiger partial charge in [-0.15, -0.1) is 0 Å². The number of hydrogen-bond acceptors (Lipinski definition) is 5. The Hall–Kier alpha value is -0.135. The molecule has 2 atom stereocenters. The fraction of sp³-hybridized carbons (Fsp3) is 1.00. The highest BCUT2D eigenvalue weighted by Crippen LogP contribution is 1.97. The molecule has 0 bridgehead atoms. The summed E-state index contributed by atoms with van der Waals surface area (Å²) in [5.41, 5.74) is 0. The Bertz CT molecular complexity index is 80.9. The van der Waals surface area contributed by atoms with Gasteiger partial charge in [0, 0.05) is 0 Å². The zero-order valence-electron chi connectivity index (χ0n) is 5.38. The predicted molar refractivity (Wildman–Crippen MR) is 42.1 cm³/mol. The fourth-order valence-electron chi connectivity index (χ4n) is 0.472. The smallest absolute Gasteiger partial charge is 0.110 e. The summed E-state index contributed by atoms with van der Waals surface area (Å²) in [5, 5.41) is 42.6. The van der Waals surface area contributed by atoms with Crippen molar-refractivity contribution in [3.8, 4) is 0 Å². The molecule has 0 aromatic heterocycles. The van der Waals surface area contributed by atoms with Crippen LogP contribution in [0.5, 0.6) is 0 Å². The van der Waals surface area contributed by atoms with Crippen LogP contribution in [0.1, 0.15) is 0 Å². The second-order valence-electron chi connectivity index (χ2n) is 1.99. The van der Waals surface area contributed by atoms with E-state index in [1.54, 1.807) is 0 Å². The standard InChI is InChI=1S/C5H12O5.BH3/c6-1-3(8)5(10)4(9)2-7;/h3-10H,1-2H2;1H3. The summed E-state index contributed by atoms with van der Waals surface area (Å²) < 4.78 is 0. The highest BCUT2D eigenvalue weighted by atomic mass is 16.4. The van der Waals surface area contributed by atoms with Gasteiger partial charge in [0.1, 0.15) is 18.3 Å². The summed E-state index contributed by atoms with van der Waals surface area (Å²) in [5.74, 6) is 0. The first-order chi connectivity index (χ1) is 4.63. The average Bonchev–Trinajstić information content (AvgIpc) is 2.00. The molecule has 0 spiro atoms. The predicted octanol–water partition coefficient (Wildman–Crippen LogP) is -4.13. The van der Waals surface area contributed by atoms with Crippen molar-refractivity contribution < 1.29 is 25.5 Å². The minimum absolute atomic E-state index is 0. The molecule has 0 amide bonds. The molecule has 68 valence electrons. The molecule has 0 aliphatic rings. The largest absolute Gasteiger partial charge is 0.394 e. The van der Waals surface area contributed by atoms with Crippen molar-refractivity contribution in [2.24, 2.45) is 0 Å². The van der Waals surface area contributed by atoms with Crippen molar-refractivity contribution in [2.45, 2.75) is 18.3 Å². The van der Waals surface area contributed by atoms with Crippen molar-refractivity contribution in [2.75, 3.05) is 13.2 Å². The van der Waals surface area contributed by atoms with Crippen molar-refractivity contribution in [3.05, 3.63) is 0 Å². The Morgan fingerprint density at radius 3 is 1.27 bits per heavy atom. The SMILES string of the molecule is B.OCC(O)C(O)C(O)CO. The van der Waals surface area contributed by atoms with Gasteiger partial charge in [0.25, 0.3) is 0 Å². The molecule has 0 radical (unpaired) electrons. The van der Waals surface area contributed by atoms with Crippen LogP contribution in [0.3, 0.4) is 0 Å². The van der Waals surface area contributed by atoms with Crippen LogP contribution in [0.15, 0.2) is 0 Å². The number of rotatable bonds is 4. The van der Waals surface area contributed by atoms with Crippen LogP contribution < -0.4 is 0 Å². The van der Waals surface area contributed by atoms with E-state index in [4.69, 9.17) is 25.5 Å². The lowest BCUT2D eigenvalue weighted by Crippen LogP contribution is -2.41. The van der Waals surface area contributed by atoms with E-state index >= 15 is 0 Å². The molecule has 2 unspecified atom stereocenters. The van der Waals surface area contributed by atoms with Crippen LogP contribution in [-0.2, 0) is 0 Å². The Morgan fingerprint density at radius 1 is 0.818 bits per heavy atom. The highest BCUT2D eigenvalue weighted by molar-refractivity contribution is 5.75. The summed E-state index contributed by atoms with van der Waals surface area (Å²) >= 11 is 0. The number of aliphatic hydroxyl groups excluding tert-OH is 5. The van der Waals surface area contributed by atoms with Crippen LogP contribution in [0.4, 0.5) is 0 Å². The Morgan fingerprint density at radius 2 is 1.09 bits per heavy atom. The van der Waals surface area contributed by atoms with Crippen LogP contribution in [0.25, 0.3) is 0 Å². The van der Waals surface area contributed by atoms with Crippen LogP contribution in [0.2, 0.25) is 0 Å². The monoisotopic (exact) mass is 166 g/mol. The van der Waals surface area contributed by atoms with Crippen LogP contribution in [0, 0.1) is 0 Å². The van der Waals surface area contributed by atoms with E-state index in [2.05, 4.69) is 0 Å². The molecule has 6 heteroatoms. The van der Waals surface area contributed by atoms with Crippen LogP contribution in [-0.4, -0.2) is 65.5 Å². The highest BCUT2D eigenvalue weighted by Gasteiger charge is 2.22. The molecule has 0 aliphatic carbocycles. The molecular weight excluding hydrogens is 151 g/mol. The third-order valence-corrected chi connectivity index (χ3v) is 1.16. The first-order valence-electron chi connectivity index (χ1n) is 2.89. The van der Waals surface area contributed by atoms with Gasteiger partial charge in [0.15, 0.2) is 0 Å². The quantitative estimate of drug-likeness (QED) is 0.273. The number of hydrogen-bond donors (Lipinski definition) is 5. The van der Waals surface area contributed by atoms with Gasteiger partial charge in [-0.3, -0.25) is 0 Å². The Labute approximate surface area is 66.5 Å². The maximum atomic E-state index is 8.77. The third-order valence-electron chi connectivity index (χ3n) is 1.16. The van der Waals surface area contributed by atoms with Crippen molar-refractivity contribution >= 4 is 8.41 Å². The van der Waals surface area contributed by atoms with Crippen molar-refractivity contribution in [1.82, 2.24) is 0 Å². The lowest BCUT2D eigenvalue weighted by atomic mass is 10.1. The van der Waals surface area contributed by atoms with Crippen molar-refractivity contribution in [1.29, 1.82) is 0 Å². The molecule has 0 fully saturated rings.